The van der Waals surface area contributed by atoms with E-state index in [1.807, 2.05) is 0 Å². The molecule has 3 aromatic heterocycles. The molecule has 1 aliphatic heterocycles. The predicted octanol–water partition coefficient (Wildman–Crippen LogP) is 2.19. The van der Waals surface area contributed by atoms with Crippen LogP contribution in [0.15, 0.2) is 30.5 Å². The standard InChI is InChI=1S/C19H19N5O4/c1-26-10-12-7-17(23-22-12)24-9-15-13(19(24)25)4-5-14(21-15)11-6-16(27-2)18(28-3)20-8-11/h4-8H,9-10H2,1-3H3,(H,22,23). The number of rotatable bonds is 6. The Balaban J connectivity index is 1.63. The average molecular weight is 381 g/mol. The van der Waals surface area contributed by atoms with Crippen molar-refractivity contribution >= 4 is 11.7 Å². The number of amides is 1. The van der Waals surface area contributed by atoms with E-state index in [0.29, 0.717) is 47.6 Å². The summed E-state index contributed by atoms with van der Waals surface area (Å²) in [6.45, 7) is 0.747. The van der Waals surface area contributed by atoms with Crippen LogP contribution in [0.3, 0.4) is 0 Å². The zero-order chi connectivity index (χ0) is 19.7. The summed E-state index contributed by atoms with van der Waals surface area (Å²) in [5, 5.41) is 7.07. The molecule has 9 nitrogen and oxygen atoms in total. The molecule has 0 spiro atoms. The van der Waals surface area contributed by atoms with Gasteiger partial charge in [0.25, 0.3) is 11.8 Å². The van der Waals surface area contributed by atoms with Crippen molar-refractivity contribution in [3.05, 3.63) is 47.4 Å². The maximum Gasteiger partial charge on any atom is 0.261 e. The number of H-pyrrole nitrogens is 1. The van der Waals surface area contributed by atoms with Gasteiger partial charge in [-0.1, -0.05) is 0 Å². The number of carbonyl (C=O) groups is 1. The summed E-state index contributed by atoms with van der Waals surface area (Å²) in [6, 6.07) is 7.18. The maximum atomic E-state index is 12.7. The molecule has 144 valence electrons. The number of hydrogen-bond donors (Lipinski definition) is 1. The Morgan fingerprint density at radius 3 is 2.79 bits per heavy atom. The van der Waals surface area contributed by atoms with Gasteiger partial charge in [0.2, 0.25) is 0 Å². The van der Waals surface area contributed by atoms with Gasteiger partial charge in [-0.2, -0.15) is 5.10 Å². The maximum absolute atomic E-state index is 12.7. The molecule has 9 heteroatoms. The lowest BCUT2D eigenvalue weighted by Crippen LogP contribution is -2.23. The molecule has 28 heavy (non-hydrogen) atoms. The number of methoxy groups -OCH3 is 3. The molecule has 0 aliphatic carbocycles. The van der Waals surface area contributed by atoms with E-state index in [1.165, 1.54) is 7.11 Å². The molecular weight excluding hydrogens is 362 g/mol. The van der Waals surface area contributed by atoms with E-state index < -0.39 is 0 Å². The van der Waals surface area contributed by atoms with Crippen molar-refractivity contribution in [2.75, 3.05) is 26.2 Å². The van der Waals surface area contributed by atoms with Gasteiger partial charge in [-0.25, -0.2) is 4.98 Å². The zero-order valence-corrected chi connectivity index (χ0v) is 15.7. The van der Waals surface area contributed by atoms with Crippen LogP contribution in [0.1, 0.15) is 21.7 Å². The van der Waals surface area contributed by atoms with Gasteiger partial charge in [0.1, 0.15) is 0 Å². The number of aromatic amines is 1. The van der Waals surface area contributed by atoms with E-state index in [1.54, 1.807) is 49.6 Å². The SMILES string of the molecule is COCc1cc(N2Cc3nc(-c4cnc(OC)c(OC)c4)ccc3C2=O)n[nH]1. The molecular formula is C19H19N5O4. The quantitative estimate of drug-likeness (QED) is 0.698. The van der Waals surface area contributed by atoms with E-state index in [9.17, 15) is 4.79 Å². The summed E-state index contributed by atoms with van der Waals surface area (Å²) in [4.78, 5) is 23.2. The molecule has 4 rings (SSSR count). The number of aromatic nitrogens is 4. The van der Waals surface area contributed by atoms with Gasteiger partial charge in [-0.15, -0.1) is 0 Å². The lowest BCUT2D eigenvalue weighted by atomic mass is 10.1. The van der Waals surface area contributed by atoms with Crippen LogP contribution in [0.25, 0.3) is 11.3 Å². The van der Waals surface area contributed by atoms with Crippen LogP contribution >= 0.6 is 0 Å². The second-order valence-electron chi connectivity index (χ2n) is 6.20. The van der Waals surface area contributed by atoms with E-state index in [2.05, 4.69) is 20.2 Å². The first-order valence-electron chi connectivity index (χ1n) is 8.58. The summed E-state index contributed by atoms with van der Waals surface area (Å²) in [5.41, 5.74) is 3.52. The minimum absolute atomic E-state index is 0.130. The molecule has 1 aliphatic rings. The van der Waals surface area contributed by atoms with Crippen molar-refractivity contribution < 1.29 is 19.0 Å². The fraction of sp³-hybridized carbons (Fsp3) is 0.263. The fourth-order valence-corrected chi connectivity index (χ4v) is 3.12. The number of anilines is 1. The minimum atomic E-state index is -0.130. The highest BCUT2D eigenvalue weighted by molar-refractivity contribution is 6.09. The van der Waals surface area contributed by atoms with Crippen LogP contribution < -0.4 is 14.4 Å². The van der Waals surface area contributed by atoms with E-state index in [-0.39, 0.29) is 5.91 Å². The number of carbonyl (C=O) groups excluding carboxylic acids is 1. The first-order valence-corrected chi connectivity index (χ1v) is 8.58. The molecule has 0 aromatic carbocycles. The molecule has 4 heterocycles. The van der Waals surface area contributed by atoms with E-state index in [4.69, 9.17) is 14.2 Å². The summed E-state index contributed by atoms with van der Waals surface area (Å²) >= 11 is 0. The van der Waals surface area contributed by atoms with Gasteiger partial charge < -0.3 is 14.2 Å². The first-order chi connectivity index (χ1) is 13.6. The molecule has 1 N–H and O–H groups in total. The Morgan fingerprint density at radius 2 is 2.04 bits per heavy atom. The van der Waals surface area contributed by atoms with Gasteiger partial charge in [0, 0.05) is 24.9 Å². The molecule has 3 aromatic rings. The third-order valence-electron chi connectivity index (χ3n) is 4.48. The monoisotopic (exact) mass is 381 g/mol. The molecule has 0 saturated heterocycles. The van der Waals surface area contributed by atoms with Crippen molar-refractivity contribution in [2.45, 2.75) is 13.2 Å². The fourth-order valence-electron chi connectivity index (χ4n) is 3.12. The van der Waals surface area contributed by atoms with Crippen molar-refractivity contribution in [1.29, 1.82) is 0 Å². The van der Waals surface area contributed by atoms with Gasteiger partial charge in [-0.05, 0) is 18.2 Å². The van der Waals surface area contributed by atoms with Gasteiger partial charge in [0.05, 0.1) is 50.0 Å². The van der Waals surface area contributed by atoms with E-state index in [0.717, 1.165) is 11.3 Å². The number of hydrogen-bond acceptors (Lipinski definition) is 7. The molecule has 0 fully saturated rings. The number of ether oxygens (including phenoxy) is 3. The molecule has 0 saturated carbocycles. The molecule has 1 amide bonds. The Kier molecular flexibility index (Phi) is 4.66. The Hall–Kier alpha value is -3.46. The molecule has 0 atom stereocenters. The summed E-state index contributed by atoms with van der Waals surface area (Å²) in [5.74, 6) is 1.33. The summed E-state index contributed by atoms with van der Waals surface area (Å²) in [7, 11) is 4.69. The average Bonchev–Trinajstić information content (AvgIpc) is 3.31. The lowest BCUT2D eigenvalue weighted by molar-refractivity contribution is 0.0996. The van der Waals surface area contributed by atoms with Crippen molar-refractivity contribution in [3.8, 4) is 22.9 Å². The number of pyridine rings is 2. The normalized spacial score (nSPS) is 13.0. The molecule has 0 bridgehead atoms. The Labute approximate surface area is 161 Å². The highest BCUT2D eigenvalue weighted by atomic mass is 16.5. The van der Waals surface area contributed by atoms with Crippen molar-refractivity contribution in [3.63, 3.8) is 0 Å². The second kappa shape index (κ2) is 7.28. The summed E-state index contributed by atoms with van der Waals surface area (Å²) < 4.78 is 15.6. The van der Waals surface area contributed by atoms with Crippen molar-refractivity contribution in [1.82, 2.24) is 20.2 Å². The number of fused-ring (bicyclic) bond motifs is 1. The largest absolute Gasteiger partial charge is 0.491 e. The topological polar surface area (TPSA) is 102 Å². The third-order valence-corrected chi connectivity index (χ3v) is 4.48. The van der Waals surface area contributed by atoms with Crippen LogP contribution in [-0.2, 0) is 17.9 Å². The smallest absolute Gasteiger partial charge is 0.261 e. The number of nitrogens with zero attached hydrogens (tertiary/aromatic N) is 4. The highest BCUT2D eigenvalue weighted by Gasteiger charge is 2.31. The predicted molar refractivity (Wildman–Crippen MR) is 100 cm³/mol. The Morgan fingerprint density at radius 1 is 1.18 bits per heavy atom. The molecule has 0 unspecified atom stereocenters. The van der Waals surface area contributed by atoms with Crippen LogP contribution in [-0.4, -0.2) is 47.4 Å². The lowest BCUT2D eigenvalue weighted by Gasteiger charge is -2.10. The minimum Gasteiger partial charge on any atom is -0.491 e. The van der Waals surface area contributed by atoms with Gasteiger partial charge >= 0.3 is 0 Å². The van der Waals surface area contributed by atoms with Crippen LogP contribution in [0.4, 0.5) is 5.82 Å². The van der Waals surface area contributed by atoms with E-state index >= 15 is 0 Å². The van der Waals surface area contributed by atoms with Gasteiger partial charge in [-0.3, -0.25) is 19.8 Å². The van der Waals surface area contributed by atoms with Gasteiger partial charge in [0.15, 0.2) is 11.6 Å². The van der Waals surface area contributed by atoms with Crippen LogP contribution in [0.2, 0.25) is 0 Å². The van der Waals surface area contributed by atoms with Crippen LogP contribution in [0, 0.1) is 0 Å². The highest BCUT2D eigenvalue weighted by Crippen LogP contribution is 2.32. The first kappa shape index (κ1) is 17.9. The van der Waals surface area contributed by atoms with Crippen LogP contribution in [0.5, 0.6) is 11.6 Å². The molecule has 0 radical (unpaired) electrons. The Bertz CT molecular complexity index is 1030. The number of nitrogens with one attached hydrogen (secondary N) is 1. The summed E-state index contributed by atoms with van der Waals surface area (Å²) in [6.07, 6.45) is 1.66. The second-order valence-corrected chi connectivity index (χ2v) is 6.20. The third kappa shape index (κ3) is 3.05. The van der Waals surface area contributed by atoms with Crippen molar-refractivity contribution in [2.24, 2.45) is 0 Å². The zero-order valence-electron chi connectivity index (χ0n) is 15.7.